The second kappa shape index (κ2) is 16.0. The highest BCUT2D eigenvalue weighted by atomic mass is 35.5. The number of hydrogen-bond acceptors (Lipinski definition) is 12. The summed E-state index contributed by atoms with van der Waals surface area (Å²) in [4.78, 5) is 44.8. The topological polar surface area (TPSA) is 178 Å². The van der Waals surface area contributed by atoms with Gasteiger partial charge in [-0.15, -0.1) is 23.7 Å². The summed E-state index contributed by atoms with van der Waals surface area (Å²) in [5.74, 6) is -3.71. The first kappa shape index (κ1) is 35.5. The second-order valence-electron chi connectivity index (χ2n) is 10.5. The maximum Gasteiger partial charge on any atom is 0.323 e. The van der Waals surface area contributed by atoms with E-state index in [4.69, 9.17) is 15.2 Å². The van der Waals surface area contributed by atoms with E-state index in [2.05, 4.69) is 30.2 Å². The molecule has 1 aliphatic rings. The van der Waals surface area contributed by atoms with Gasteiger partial charge in [-0.25, -0.2) is 19.0 Å². The van der Waals surface area contributed by atoms with E-state index in [1.165, 1.54) is 34.7 Å². The molecular weight excluding hydrogens is 662 g/mol. The molecule has 3 N–H and O–H groups in total. The number of aromatic nitrogens is 6. The summed E-state index contributed by atoms with van der Waals surface area (Å²) in [6.07, 6.45) is 7.63. The van der Waals surface area contributed by atoms with Crippen LogP contribution in [0.5, 0.6) is 0 Å². The Balaban J connectivity index is 0.00000500. The van der Waals surface area contributed by atoms with Crippen LogP contribution in [0.15, 0.2) is 36.1 Å². The first-order valence-corrected chi connectivity index (χ1v) is 15.3. The number of esters is 2. The van der Waals surface area contributed by atoms with Gasteiger partial charge in [0.15, 0.2) is 12.5 Å². The van der Waals surface area contributed by atoms with Gasteiger partial charge in [-0.2, -0.15) is 14.6 Å². The molecule has 47 heavy (non-hydrogen) atoms. The lowest BCUT2D eigenvalue weighted by atomic mass is 9.93. The van der Waals surface area contributed by atoms with Crippen molar-refractivity contribution in [2.75, 3.05) is 19.0 Å². The fourth-order valence-corrected chi connectivity index (χ4v) is 5.77. The third-order valence-corrected chi connectivity index (χ3v) is 8.19. The number of halogens is 3. The highest BCUT2D eigenvalue weighted by Crippen LogP contribution is 2.34. The predicted octanol–water partition coefficient (Wildman–Crippen LogP) is 4.13. The molecule has 4 aromatic rings. The van der Waals surface area contributed by atoms with E-state index in [1.54, 1.807) is 17.1 Å². The van der Waals surface area contributed by atoms with Crippen LogP contribution in [0.1, 0.15) is 55.6 Å². The number of methoxy groups -OCH3 is 1. The van der Waals surface area contributed by atoms with Crippen molar-refractivity contribution in [3.63, 3.8) is 0 Å². The van der Waals surface area contributed by atoms with Crippen LogP contribution in [-0.4, -0.2) is 73.2 Å². The van der Waals surface area contributed by atoms with Gasteiger partial charge in [0.2, 0.25) is 5.95 Å². The Labute approximate surface area is 278 Å². The van der Waals surface area contributed by atoms with Crippen molar-refractivity contribution < 1.29 is 37.4 Å². The highest BCUT2D eigenvalue weighted by molar-refractivity contribution is 7.13. The van der Waals surface area contributed by atoms with Gasteiger partial charge in [-0.05, 0) is 44.7 Å². The first-order chi connectivity index (χ1) is 22.1. The average Bonchev–Trinajstić information content (AvgIpc) is 3.82. The van der Waals surface area contributed by atoms with Gasteiger partial charge in [0, 0.05) is 29.9 Å². The standard InChI is InChI=1S/C29H32F2N8O6S.ClH/c1-3-44-18-6-4-17(5-7-18)39-13-21(26(37-39)25-19(30)8-9-23(31)36-25)34-27(41)22-14-46-28(35-22)16-11-33-38(12-16)15-45-24(40)10-20(32)29(42)43-2;/h8-9,11-14,17-18,20H,3-7,10,15,32H2,1-2H3,(H,34,41);1H/t17?,18?,20-;/m0./s1. The number of nitrogens with zero attached hydrogens (tertiary/aromatic N) is 6. The Hall–Kier alpha value is -4.32. The van der Waals surface area contributed by atoms with Gasteiger partial charge in [0.1, 0.15) is 28.1 Å². The van der Waals surface area contributed by atoms with E-state index in [0.29, 0.717) is 17.2 Å². The fourth-order valence-electron chi connectivity index (χ4n) is 4.99. The Bertz CT molecular complexity index is 1710. The summed E-state index contributed by atoms with van der Waals surface area (Å²) in [6.45, 7) is 2.35. The quantitative estimate of drug-likeness (QED) is 0.161. The minimum absolute atomic E-state index is 0. The van der Waals surface area contributed by atoms with Crippen LogP contribution in [0.2, 0.25) is 0 Å². The molecule has 4 heterocycles. The number of amides is 1. The van der Waals surface area contributed by atoms with E-state index < -0.39 is 35.7 Å². The van der Waals surface area contributed by atoms with Crippen LogP contribution < -0.4 is 11.1 Å². The Morgan fingerprint density at radius 3 is 2.62 bits per heavy atom. The molecule has 1 fully saturated rings. The van der Waals surface area contributed by atoms with E-state index >= 15 is 0 Å². The molecule has 0 aliphatic heterocycles. The molecule has 0 spiro atoms. The Morgan fingerprint density at radius 2 is 1.89 bits per heavy atom. The minimum Gasteiger partial charge on any atom is -0.468 e. The van der Waals surface area contributed by atoms with E-state index in [0.717, 1.165) is 37.8 Å². The number of carbonyl (C=O) groups is 3. The summed E-state index contributed by atoms with van der Waals surface area (Å²) in [6, 6.07) is 0.706. The van der Waals surface area contributed by atoms with Crippen LogP contribution >= 0.6 is 23.7 Å². The molecule has 252 valence electrons. The van der Waals surface area contributed by atoms with Gasteiger partial charge in [0.25, 0.3) is 5.91 Å². The third-order valence-electron chi connectivity index (χ3n) is 7.30. The molecule has 1 atom stereocenters. The zero-order chi connectivity index (χ0) is 32.8. The lowest BCUT2D eigenvalue weighted by Crippen LogP contribution is -2.34. The molecule has 5 rings (SSSR count). The number of ether oxygens (including phenoxy) is 3. The molecule has 1 amide bonds. The van der Waals surface area contributed by atoms with Crippen molar-refractivity contribution in [2.24, 2.45) is 5.73 Å². The lowest BCUT2D eigenvalue weighted by Gasteiger charge is -2.28. The SMILES string of the molecule is CCOC1CCC(n2cc(NC(=O)c3csc(-c4cnn(COC(=O)C[C@H](N)C(=O)OC)c4)n3)c(-c3nc(F)ccc3F)n2)CC1.Cl. The summed E-state index contributed by atoms with van der Waals surface area (Å²) < 4.78 is 47.2. The first-order valence-electron chi connectivity index (χ1n) is 14.5. The van der Waals surface area contributed by atoms with Crippen LogP contribution in [0.4, 0.5) is 14.5 Å². The van der Waals surface area contributed by atoms with Gasteiger partial charge in [-0.3, -0.25) is 19.1 Å². The third kappa shape index (κ3) is 8.73. The van der Waals surface area contributed by atoms with Crippen LogP contribution in [0.25, 0.3) is 22.0 Å². The molecule has 4 aromatic heterocycles. The van der Waals surface area contributed by atoms with Gasteiger partial charge in [-0.1, -0.05) is 0 Å². The van der Waals surface area contributed by atoms with Crippen LogP contribution in [-0.2, 0) is 30.5 Å². The van der Waals surface area contributed by atoms with Crippen LogP contribution in [0.3, 0.4) is 0 Å². The molecule has 0 unspecified atom stereocenters. The highest BCUT2D eigenvalue weighted by Gasteiger charge is 2.27. The molecule has 1 aliphatic carbocycles. The lowest BCUT2D eigenvalue weighted by molar-refractivity contribution is -0.153. The molecule has 0 bridgehead atoms. The van der Waals surface area contributed by atoms with Crippen molar-refractivity contribution in [3.8, 4) is 22.0 Å². The minimum atomic E-state index is -1.14. The molecular formula is C29H33ClF2N8O6S. The maximum atomic E-state index is 14.8. The number of hydrogen-bond donors (Lipinski definition) is 2. The van der Waals surface area contributed by atoms with Crippen LogP contribution in [0, 0.1) is 11.8 Å². The summed E-state index contributed by atoms with van der Waals surface area (Å²) in [7, 11) is 1.17. The number of thiazole rings is 1. The molecule has 1 saturated carbocycles. The number of carbonyl (C=O) groups excluding carboxylic acids is 3. The van der Waals surface area contributed by atoms with Crippen molar-refractivity contribution >= 4 is 47.3 Å². The van der Waals surface area contributed by atoms with Gasteiger partial charge >= 0.3 is 11.9 Å². The summed E-state index contributed by atoms with van der Waals surface area (Å²) in [5, 5.41) is 13.4. The summed E-state index contributed by atoms with van der Waals surface area (Å²) in [5.41, 5.74) is 6.02. The van der Waals surface area contributed by atoms with Crippen molar-refractivity contribution in [1.29, 1.82) is 0 Å². The van der Waals surface area contributed by atoms with Crippen molar-refractivity contribution in [3.05, 3.63) is 53.6 Å². The van der Waals surface area contributed by atoms with E-state index in [9.17, 15) is 23.2 Å². The monoisotopic (exact) mass is 694 g/mol. The number of nitrogens with one attached hydrogen (secondary N) is 1. The zero-order valence-electron chi connectivity index (χ0n) is 25.4. The van der Waals surface area contributed by atoms with Gasteiger partial charge in [0.05, 0.1) is 37.6 Å². The Morgan fingerprint density at radius 1 is 1.13 bits per heavy atom. The summed E-state index contributed by atoms with van der Waals surface area (Å²) >= 11 is 1.17. The smallest absolute Gasteiger partial charge is 0.323 e. The Kier molecular flexibility index (Phi) is 12.1. The fraction of sp³-hybridized carbons (Fsp3) is 0.414. The molecule has 0 saturated heterocycles. The predicted molar refractivity (Wildman–Crippen MR) is 168 cm³/mol. The van der Waals surface area contributed by atoms with Crippen molar-refractivity contribution in [1.82, 2.24) is 29.5 Å². The average molecular weight is 695 g/mol. The van der Waals surface area contributed by atoms with Gasteiger partial charge < -0.3 is 25.3 Å². The number of anilines is 1. The number of pyridine rings is 1. The zero-order valence-corrected chi connectivity index (χ0v) is 27.1. The molecule has 0 aromatic carbocycles. The van der Waals surface area contributed by atoms with E-state index in [-0.39, 0.29) is 60.5 Å². The number of nitrogens with two attached hydrogens (primary N) is 1. The molecule has 0 radical (unpaired) electrons. The molecule has 14 nitrogen and oxygen atoms in total. The number of rotatable bonds is 12. The van der Waals surface area contributed by atoms with Crippen molar-refractivity contribution in [2.45, 2.75) is 63.9 Å². The normalized spacial score (nSPS) is 16.6. The second-order valence-corrected chi connectivity index (χ2v) is 11.3. The van der Waals surface area contributed by atoms with E-state index in [1.807, 2.05) is 6.92 Å². The molecule has 18 heteroatoms. The maximum absolute atomic E-state index is 14.8. The largest absolute Gasteiger partial charge is 0.468 e.